The van der Waals surface area contributed by atoms with E-state index in [9.17, 15) is 0 Å². The van der Waals surface area contributed by atoms with Crippen LogP contribution in [0.25, 0.3) is 0 Å². The van der Waals surface area contributed by atoms with Crippen molar-refractivity contribution in [3.8, 4) is 0 Å². The molecule has 0 aromatic heterocycles. The maximum absolute atomic E-state index is 6.56. The molecule has 1 saturated heterocycles. The Hall–Kier alpha value is -0.770. The van der Waals surface area contributed by atoms with E-state index in [-0.39, 0.29) is 24.0 Å². The Balaban J connectivity index is 2.60. The van der Waals surface area contributed by atoms with E-state index in [1.54, 1.807) is 0 Å². The van der Waals surface area contributed by atoms with Crippen LogP contribution in [0.2, 0.25) is 0 Å². The highest BCUT2D eigenvalue weighted by Gasteiger charge is 2.55. The highest BCUT2D eigenvalue weighted by atomic mass is 15.3. The van der Waals surface area contributed by atoms with Crippen molar-refractivity contribution in [3.63, 3.8) is 0 Å². The first kappa shape index (κ1) is 18.6. The van der Waals surface area contributed by atoms with Crippen LogP contribution in [0, 0.1) is 5.92 Å². The Bertz CT molecular complexity index is 402. The van der Waals surface area contributed by atoms with E-state index in [1.165, 1.54) is 0 Å². The molecule has 23 heavy (non-hydrogen) atoms. The van der Waals surface area contributed by atoms with Crippen molar-refractivity contribution in [1.29, 1.82) is 0 Å². The van der Waals surface area contributed by atoms with Gasteiger partial charge in [0.2, 0.25) is 0 Å². The van der Waals surface area contributed by atoms with E-state index in [0.29, 0.717) is 19.6 Å². The van der Waals surface area contributed by atoms with Gasteiger partial charge in [-0.2, -0.15) is 0 Å². The molecule has 0 amide bonds. The van der Waals surface area contributed by atoms with Gasteiger partial charge in [-0.05, 0) is 19.3 Å². The minimum absolute atomic E-state index is 0.0513. The van der Waals surface area contributed by atoms with Crippen LogP contribution in [0.15, 0.2) is 4.99 Å². The first-order valence-electron chi connectivity index (χ1n) is 8.71. The molecule has 134 valence electrons. The minimum atomic E-state index is -0.585. The number of amidine groups is 1. The summed E-state index contributed by atoms with van der Waals surface area (Å²) in [5.74, 6) is 1.13. The fraction of sp³-hybridized carbons (Fsp3) is 0.933. The maximum atomic E-state index is 6.56. The highest BCUT2D eigenvalue weighted by Crippen LogP contribution is 2.40. The van der Waals surface area contributed by atoms with Gasteiger partial charge in [-0.15, -0.1) is 0 Å². The molecule has 0 aromatic carbocycles. The van der Waals surface area contributed by atoms with Crippen LogP contribution < -0.4 is 34.4 Å². The predicted octanol–water partition coefficient (Wildman–Crippen LogP) is -2.51. The van der Waals surface area contributed by atoms with Gasteiger partial charge < -0.3 is 39.3 Å². The van der Waals surface area contributed by atoms with Gasteiger partial charge in [0, 0.05) is 63.2 Å². The summed E-state index contributed by atoms with van der Waals surface area (Å²) in [7, 11) is 0. The Morgan fingerprint density at radius 1 is 1.04 bits per heavy atom. The van der Waals surface area contributed by atoms with Crippen molar-refractivity contribution in [1.82, 2.24) is 4.90 Å². The average Bonchev–Trinajstić information content (AvgIpc) is 2.77. The van der Waals surface area contributed by atoms with E-state index in [1.807, 2.05) is 0 Å². The van der Waals surface area contributed by atoms with Crippen molar-refractivity contribution in [3.05, 3.63) is 0 Å². The van der Waals surface area contributed by atoms with Gasteiger partial charge in [-0.3, -0.25) is 4.99 Å². The third kappa shape index (κ3) is 3.11. The quantitative estimate of drug-likeness (QED) is 0.313. The summed E-state index contributed by atoms with van der Waals surface area (Å²) in [5, 5.41) is 0. The summed E-state index contributed by atoms with van der Waals surface area (Å²) in [6, 6.07) is -0.846. The maximum Gasteiger partial charge on any atom is 0.0994 e. The molecule has 0 aliphatic carbocycles. The Kier molecular flexibility index (Phi) is 6.35. The smallest absolute Gasteiger partial charge is 0.0994 e. The number of nitrogens with two attached hydrogens (primary N) is 6. The van der Waals surface area contributed by atoms with E-state index in [2.05, 4.69) is 4.90 Å². The third-order valence-electron chi connectivity index (χ3n) is 5.61. The Morgan fingerprint density at radius 2 is 1.70 bits per heavy atom. The summed E-state index contributed by atoms with van der Waals surface area (Å²) >= 11 is 0. The zero-order valence-corrected chi connectivity index (χ0v) is 14.0. The van der Waals surface area contributed by atoms with E-state index < -0.39 is 5.54 Å². The van der Waals surface area contributed by atoms with Gasteiger partial charge in [0.05, 0.1) is 11.4 Å². The van der Waals surface area contributed by atoms with Gasteiger partial charge >= 0.3 is 0 Å². The standard InChI is InChI=1S/C15H34N8/c16-7-11(19)10-3-1-4-14-22-5-2-6-23(14)15(10,12(20)8-17)13(21)9-18/h10-13H,1-9,16-21H2. The highest BCUT2D eigenvalue weighted by molar-refractivity contribution is 5.84. The fourth-order valence-electron chi connectivity index (χ4n) is 4.52. The van der Waals surface area contributed by atoms with E-state index in [0.717, 1.165) is 44.6 Å². The molecule has 0 bridgehead atoms. The van der Waals surface area contributed by atoms with Crippen LogP contribution in [0.1, 0.15) is 25.7 Å². The number of hydrogen-bond acceptors (Lipinski definition) is 8. The second-order valence-corrected chi connectivity index (χ2v) is 6.77. The van der Waals surface area contributed by atoms with Crippen LogP contribution in [-0.4, -0.2) is 67.1 Å². The molecule has 8 nitrogen and oxygen atoms in total. The predicted molar refractivity (Wildman–Crippen MR) is 94.8 cm³/mol. The number of aliphatic imine (C=N–C) groups is 1. The SMILES string of the molecule is NCC(N)C1CCCC2=NCCCN2C1(C(N)CN)C(N)CN. The lowest BCUT2D eigenvalue weighted by molar-refractivity contribution is 0.0279. The molecular weight excluding hydrogens is 292 g/mol. The molecule has 2 aliphatic rings. The molecule has 2 aliphatic heterocycles. The summed E-state index contributed by atoms with van der Waals surface area (Å²) in [6.07, 6.45) is 3.81. The monoisotopic (exact) mass is 326 g/mol. The fourth-order valence-corrected chi connectivity index (χ4v) is 4.52. The van der Waals surface area contributed by atoms with Gasteiger partial charge in [-0.1, -0.05) is 0 Å². The summed E-state index contributed by atoms with van der Waals surface area (Å²) in [4.78, 5) is 7.03. The van der Waals surface area contributed by atoms with Crippen LogP contribution >= 0.6 is 0 Å². The summed E-state index contributed by atoms with van der Waals surface area (Å²) in [5.41, 5.74) is 36.9. The number of fused-ring (bicyclic) bond motifs is 1. The van der Waals surface area contributed by atoms with Gasteiger partial charge in [-0.25, -0.2) is 0 Å². The first-order valence-corrected chi connectivity index (χ1v) is 8.71. The number of nitrogens with zero attached hydrogens (tertiary/aromatic N) is 2. The number of rotatable bonds is 6. The van der Waals surface area contributed by atoms with Crippen LogP contribution in [0.4, 0.5) is 0 Å². The minimum Gasteiger partial charge on any atom is -0.351 e. The molecule has 8 heteroatoms. The third-order valence-corrected chi connectivity index (χ3v) is 5.61. The molecule has 2 rings (SSSR count). The molecule has 0 radical (unpaired) electrons. The molecular formula is C15H34N8. The lowest BCUT2D eigenvalue weighted by Crippen LogP contribution is -2.78. The average molecular weight is 326 g/mol. The van der Waals surface area contributed by atoms with Crippen LogP contribution in [0.5, 0.6) is 0 Å². The molecule has 0 saturated carbocycles. The van der Waals surface area contributed by atoms with Gasteiger partial charge in [0.1, 0.15) is 0 Å². The molecule has 0 aromatic rings. The molecule has 2 heterocycles. The van der Waals surface area contributed by atoms with Gasteiger partial charge in [0.15, 0.2) is 0 Å². The topological polar surface area (TPSA) is 172 Å². The van der Waals surface area contributed by atoms with E-state index in [4.69, 9.17) is 39.4 Å². The molecule has 1 fully saturated rings. The Labute approximate surface area is 139 Å². The zero-order chi connectivity index (χ0) is 17.0. The largest absolute Gasteiger partial charge is 0.351 e. The molecule has 4 atom stereocenters. The molecule has 0 spiro atoms. The first-order chi connectivity index (χ1) is 11.0. The molecule has 12 N–H and O–H groups in total. The van der Waals surface area contributed by atoms with Crippen molar-refractivity contribution in [2.75, 3.05) is 32.7 Å². The zero-order valence-electron chi connectivity index (χ0n) is 14.0. The van der Waals surface area contributed by atoms with Crippen molar-refractivity contribution >= 4 is 5.84 Å². The molecule has 4 unspecified atom stereocenters. The van der Waals surface area contributed by atoms with Crippen LogP contribution in [0.3, 0.4) is 0 Å². The van der Waals surface area contributed by atoms with Gasteiger partial charge in [0.25, 0.3) is 0 Å². The summed E-state index contributed by atoms with van der Waals surface area (Å²) in [6.45, 7) is 2.76. The Morgan fingerprint density at radius 3 is 2.26 bits per heavy atom. The summed E-state index contributed by atoms with van der Waals surface area (Å²) < 4.78 is 0. The second-order valence-electron chi connectivity index (χ2n) is 6.77. The number of hydrogen-bond donors (Lipinski definition) is 6. The normalized spacial score (nSPS) is 32.5. The van der Waals surface area contributed by atoms with E-state index >= 15 is 0 Å². The lowest BCUT2D eigenvalue weighted by atomic mass is 9.67. The van der Waals surface area contributed by atoms with Crippen molar-refractivity contribution < 1.29 is 0 Å². The second kappa shape index (κ2) is 7.87. The van der Waals surface area contributed by atoms with Crippen molar-refractivity contribution in [2.45, 2.75) is 49.3 Å². The lowest BCUT2D eigenvalue weighted by Gasteiger charge is -2.57. The van der Waals surface area contributed by atoms with Crippen molar-refractivity contribution in [2.24, 2.45) is 45.3 Å². The van der Waals surface area contributed by atoms with Crippen LogP contribution in [-0.2, 0) is 0 Å².